The standard InChI is InChI=1S/C13H18N4O3.ClH/c1-15-10-4-6-16(7-5-10)13(18)9-2-3-11(14)12(8-9)17(19)20;/h2-3,8,10,15H,4-7,14H2,1H3;1H. The highest BCUT2D eigenvalue weighted by molar-refractivity contribution is 5.95. The first-order valence-corrected chi connectivity index (χ1v) is 6.53. The highest BCUT2D eigenvalue weighted by atomic mass is 35.5. The van der Waals surface area contributed by atoms with E-state index in [0.717, 1.165) is 12.8 Å². The zero-order valence-electron chi connectivity index (χ0n) is 11.7. The number of carbonyl (C=O) groups is 1. The lowest BCUT2D eigenvalue weighted by atomic mass is 10.0. The lowest BCUT2D eigenvalue weighted by molar-refractivity contribution is -0.383. The molecule has 1 heterocycles. The molecule has 0 bridgehead atoms. The summed E-state index contributed by atoms with van der Waals surface area (Å²) in [7, 11) is 1.91. The molecular weight excluding hydrogens is 296 g/mol. The van der Waals surface area contributed by atoms with E-state index >= 15 is 0 Å². The van der Waals surface area contributed by atoms with Gasteiger partial charge < -0.3 is 16.0 Å². The Balaban J connectivity index is 0.00000220. The van der Waals surface area contributed by atoms with Crippen molar-refractivity contribution >= 4 is 29.7 Å². The molecule has 7 nitrogen and oxygen atoms in total. The number of halogens is 1. The van der Waals surface area contributed by atoms with Gasteiger partial charge in [0.1, 0.15) is 5.69 Å². The predicted octanol–water partition coefficient (Wildman–Crippen LogP) is 1.42. The molecule has 0 unspecified atom stereocenters. The van der Waals surface area contributed by atoms with Gasteiger partial charge in [-0.05, 0) is 32.0 Å². The lowest BCUT2D eigenvalue weighted by Gasteiger charge is -2.31. The molecule has 0 aliphatic carbocycles. The third-order valence-electron chi connectivity index (χ3n) is 3.66. The topological polar surface area (TPSA) is 102 Å². The number of amides is 1. The minimum absolute atomic E-state index is 0. The molecule has 1 aliphatic heterocycles. The van der Waals surface area contributed by atoms with Crippen LogP contribution in [0.3, 0.4) is 0 Å². The third-order valence-corrected chi connectivity index (χ3v) is 3.66. The quantitative estimate of drug-likeness (QED) is 0.499. The second-order valence-corrected chi connectivity index (χ2v) is 4.89. The van der Waals surface area contributed by atoms with Gasteiger partial charge in [0.05, 0.1) is 4.92 Å². The Kier molecular flexibility index (Phi) is 5.92. The van der Waals surface area contributed by atoms with Crippen LogP contribution in [-0.4, -0.2) is 41.9 Å². The van der Waals surface area contributed by atoms with E-state index < -0.39 is 4.92 Å². The van der Waals surface area contributed by atoms with Gasteiger partial charge in [-0.1, -0.05) is 0 Å². The van der Waals surface area contributed by atoms with Crippen molar-refractivity contribution in [3.8, 4) is 0 Å². The smallest absolute Gasteiger partial charge is 0.292 e. The number of nitrogens with two attached hydrogens (primary N) is 1. The maximum absolute atomic E-state index is 12.3. The number of nitro benzene ring substituents is 1. The molecule has 116 valence electrons. The zero-order valence-corrected chi connectivity index (χ0v) is 12.6. The Morgan fingerprint density at radius 3 is 2.57 bits per heavy atom. The van der Waals surface area contributed by atoms with Crippen LogP contribution in [0.1, 0.15) is 23.2 Å². The molecule has 0 spiro atoms. The van der Waals surface area contributed by atoms with Crippen molar-refractivity contribution in [1.82, 2.24) is 10.2 Å². The number of rotatable bonds is 3. The van der Waals surface area contributed by atoms with Gasteiger partial charge >= 0.3 is 0 Å². The van der Waals surface area contributed by atoms with Gasteiger partial charge in [-0.2, -0.15) is 0 Å². The summed E-state index contributed by atoms with van der Waals surface area (Å²) < 4.78 is 0. The Morgan fingerprint density at radius 1 is 1.43 bits per heavy atom. The first-order valence-electron chi connectivity index (χ1n) is 6.53. The number of anilines is 1. The SMILES string of the molecule is CNC1CCN(C(=O)c2ccc(N)c([N+](=O)[O-])c2)CC1.Cl. The van der Waals surface area contributed by atoms with Crippen molar-refractivity contribution in [2.75, 3.05) is 25.9 Å². The van der Waals surface area contributed by atoms with E-state index in [0.29, 0.717) is 24.7 Å². The van der Waals surface area contributed by atoms with Crippen molar-refractivity contribution < 1.29 is 9.72 Å². The fourth-order valence-electron chi connectivity index (χ4n) is 2.39. The molecule has 1 aromatic rings. The first kappa shape index (κ1) is 17.2. The first-order chi connectivity index (χ1) is 9.52. The number of benzene rings is 1. The van der Waals surface area contributed by atoms with Crippen molar-refractivity contribution in [1.29, 1.82) is 0 Å². The molecule has 1 fully saturated rings. The van der Waals surface area contributed by atoms with Gasteiger partial charge in [-0.3, -0.25) is 14.9 Å². The molecule has 1 amide bonds. The summed E-state index contributed by atoms with van der Waals surface area (Å²) in [5.41, 5.74) is 5.69. The summed E-state index contributed by atoms with van der Waals surface area (Å²) in [5, 5.41) is 14.0. The van der Waals surface area contributed by atoms with E-state index in [9.17, 15) is 14.9 Å². The maximum atomic E-state index is 12.3. The van der Waals surface area contributed by atoms with Crippen molar-refractivity contribution in [3.05, 3.63) is 33.9 Å². The fourth-order valence-corrected chi connectivity index (χ4v) is 2.39. The van der Waals surface area contributed by atoms with E-state index in [2.05, 4.69) is 5.32 Å². The van der Waals surface area contributed by atoms with E-state index in [1.54, 1.807) is 4.90 Å². The third kappa shape index (κ3) is 3.83. The van der Waals surface area contributed by atoms with Crippen LogP contribution in [-0.2, 0) is 0 Å². The average molecular weight is 315 g/mol. The largest absolute Gasteiger partial charge is 0.393 e. The minimum atomic E-state index is -0.570. The minimum Gasteiger partial charge on any atom is -0.393 e. The van der Waals surface area contributed by atoms with Crippen LogP contribution < -0.4 is 11.1 Å². The maximum Gasteiger partial charge on any atom is 0.292 e. The van der Waals surface area contributed by atoms with Crippen molar-refractivity contribution in [2.45, 2.75) is 18.9 Å². The number of nitrogens with zero attached hydrogens (tertiary/aromatic N) is 2. The monoisotopic (exact) mass is 314 g/mol. The molecule has 0 aromatic heterocycles. The van der Waals surface area contributed by atoms with Crippen molar-refractivity contribution in [2.24, 2.45) is 0 Å². The molecule has 1 aromatic carbocycles. The zero-order chi connectivity index (χ0) is 14.7. The van der Waals surface area contributed by atoms with Crippen LogP contribution in [0.2, 0.25) is 0 Å². The molecule has 1 aliphatic rings. The van der Waals surface area contributed by atoms with Crippen LogP contribution in [0.5, 0.6) is 0 Å². The van der Waals surface area contributed by atoms with Crippen molar-refractivity contribution in [3.63, 3.8) is 0 Å². The Hall–Kier alpha value is -1.86. The van der Waals surface area contributed by atoms with E-state index in [1.165, 1.54) is 18.2 Å². The number of hydrogen-bond donors (Lipinski definition) is 2. The molecule has 0 radical (unpaired) electrons. The summed E-state index contributed by atoms with van der Waals surface area (Å²) in [6.45, 7) is 1.31. The summed E-state index contributed by atoms with van der Waals surface area (Å²) in [5.74, 6) is -0.178. The Labute approximate surface area is 129 Å². The van der Waals surface area contributed by atoms with Crippen LogP contribution >= 0.6 is 12.4 Å². The molecule has 1 saturated heterocycles. The molecule has 21 heavy (non-hydrogen) atoms. The predicted molar refractivity (Wildman–Crippen MR) is 82.7 cm³/mol. The molecule has 0 saturated carbocycles. The highest BCUT2D eigenvalue weighted by Crippen LogP contribution is 2.23. The summed E-state index contributed by atoms with van der Waals surface area (Å²) >= 11 is 0. The van der Waals surface area contributed by atoms with E-state index in [4.69, 9.17) is 5.73 Å². The van der Waals surface area contributed by atoms with Gasteiger partial charge in [-0.15, -0.1) is 12.4 Å². The highest BCUT2D eigenvalue weighted by Gasteiger charge is 2.24. The average Bonchev–Trinajstić information content (AvgIpc) is 2.47. The number of nitrogens with one attached hydrogen (secondary N) is 1. The number of hydrogen-bond acceptors (Lipinski definition) is 5. The van der Waals surface area contributed by atoms with Gasteiger partial charge in [-0.25, -0.2) is 0 Å². The fraction of sp³-hybridized carbons (Fsp3) is 0.462. The summed E-state index contributed by atoms with van der Waals surface area (Å²) in [6, 6.07) is 4.63. The number of nitrogen functional groups attached to an aromatic ring is 1. The molecule has 3 N–H and O–H groups in total. The van der Waals surface area contributed by atoms with Gasteiger partial charge in [0, 0.05) is 30.8 Å². The number of nitro groups is 1. The second-order valence-electron chi connectivity index (χ2n) is 4.89. The Morgan fingerprint density at radius 2 is 2.05 bits per heavy atom. The van der Waals surface area contributed by atoms with Crippen LogP contribution in [0.25, 0.3) is 0 Å². The van der Waals surface area contributed by atoms with E-state index in [1.807, 2.05) is 7.05 Å². The van der Waals surface area contributed by atoms with Gasteiger partial charge in [0.25, 0.3) is 11.6 Å². The molecule has 8 heteroatoms. The van der Waals surface area contributed by atoms with Crippen LogP contribution in [0.15, 0.2) is 18.2 Å². The number of carbonyl (C=O) groups excluding carboxylic acids is 1. The number of likely N-dealkylation sites (tertiary alicyclic amines) is 1. The number of piperidine rings is 1. The molecular formula is C13H19ClN4O3. The lowest BCUT2D eigenvalue weighted by Crippen LogP contribution is -2.43. The summed E-state index contributed by atoms with van der Waals surface area (Å²) in [4.78, 5) is 24.3. The van der Waals surface area contributed by atoms with Crippen LogP contribution in [0.4, 0.5) is 11.4 Å². The normalized spacial score (nSPS) is 15.4. The van der Waals surface area contributed by atoms with Gasteiger partial charge in [0.15, 0.2) is 0 Å². The van der Waals surface area contributed by atoms with Gasteiger partial charge in [0.2, 0.25) is 0 Å². The Bertz CT molecular complexity index is 530. The molecule has 2 rings (SSSR count). The van der Waals surface area contributed by atoms with E-state index in [-0.39, 0.29) is 29.7 Å². The summed E-state index contributed by atoms with van der Waals surface area (Å²) in [6.07, 6.45) is 1.78. The molecule has 0 atom stereocenters. The second kappa shape index (κ2) is 7.24. The van der Waals surface area contributed by atoms with Crippen LogP contribution in [0, 0.1) is 10.1 Å².